The smallest absolute Gasteiger partial charge is 0.265 e. The predicted octanol–water partition coefficient (Wildman–Crippen LogP) is 4.27. The number of hydrogen-bond donors (Lipinski definition) is 0. The van der Waals surface area contributed by atoms with Crippen LogP contribution >= 0.6 is 0 Å². The Morgan fingerprint density at radius 2 is 1.65 bits per heavy atom. The number of anilines is 2. The fourth-order valence-electron chi connectivity index (χ4n) is 4.08. The van der Waals surface area contributed by atoms with Crippen LogP contribution < -0.4 is 18.7 Å². The summed E-state index contributed by atoms with van der Waals surface area (Å²) in [5.41, 5.74) is 2.59. The molecule has 4 rings (SSSR count). The molecule has 1 heterocycles. The van der Waals surface area contributed by atoms with Gasteiger partial charge in [0.1, 0.15) is 11.5 Å². The van der Waals surface area contributed by atoms with Crippen LogP contribution in [0, 0.1) is 0 Å². The van der Waals surface area contributed by atoms with E-state index >= 15 is 0 Å². The first kappa shape index (κ1) is 23.6. The highest BCUT2D eigenvalue weighted by atomic mass is 32.2. The van der Waals surface area contributed by atoms with E-state index in [0.717, 1.165) is 18.5 Å². The van der Waals surface area contributed by atoms with Crippen LogP contribution in [0.15, 0.2) is 77.7 Å². The number of amides is 1. The van der Waals surface area contributed by atoms with Gasteiger partial charge >= 0.3 is 0 Å². The number of benzene rings is 3. The van der Waals surface area contributed by atoms with Gasteiger partial charge in [0.05, 0.1) is 17.7 Å². The van der Waals surface area contributed by atoms with Crippen LogP contribution in [0.5, 0.6) is 11.5 Å². The topological polar surface area (TPSA) is 76.1 Å². The third kappa shape index (κ3) is 4.72. The molecule has 178 valence electrons. The number of ether oxygens (including phenoxy) is 2. The quantitative estimate of drug-likeness (QED) is 0.505. The van der Waals surface area contributed by atoms with Crippen LogP contribution in [-0.2, 0) is 21.2 Å². The van der Waals surface area contributed by atoms with Gasteiger partial charge < -0.3 is 14.4 Å². The lowest BCUT2D eigenvalue weighted by Crippen LogP contribution is -2.44. The molecule has 7 nitrogen and oxygen atoms in total. The maximum atomic E-state index is 13.0. The summed E-state index contributed by atoms with van der Waals surface area (Å²) in [4.78, 5) is 14.9. The van der Waals surface area contributed by atoms with Gasteiger partial charge in [-0.05, 0) is 79.9 Å². The molecule has 8 heteroatoms. The van der Waals surface area contributed by atoms with E-state index < -0.39 is 10.0 Å². The van der Waals surface area contributed by atoms with E-state index in [4.69, 9.17) is 9.47 Å². The van der Waals surface area contributed by atoms with Crippen molar-refractivity contribution in [1.29, 1.82) is 0 Å². The van der Waals surface area contributed by atoms with Crippen LogP contribution in [0.3, 0.4) is 0 Å². The first-order chi connectivity index (χ1) is 16.3. The lowest BCUT2D eigenvalue weighted by molar-refractivity contribution is -0.121. The maximum absolute atomic E-state index is 13.0. The summed E-state index contributed by atoms with van der Waals surface area (Å²) < 4.78 is 37.9. The summed E-state index contributed by atoms with van der Waals surface area (Å²) in [6.45, 7) is 1.94. The van der Waals surface area contributed by atoms with Crippen LogP contribution in [-0.4, -0.2) is 41.1 Å². The number of nitrogens with zero attached hydrogens (tertiary/aromatic N) is 2. The van der Waals surface area contributed by atoms with E-state index in [1.807, 2.05) is 30.0 Å². The van der Waals surface area contributed by atoms with Gasteiger partial charge in [-0.1, -0.05) is 18.2 Å². The summed E-state index contributed by atoms with van der Waals surface area (Å²) >= 11 is 0. The van der Waals surface area contributed by atoms with Gasteiger partial charge in [0.15, 0.2) is 6.61 Å². The molecule has 0 spiro atoms. The average molecular weight is 481 g/mol. The van der Waals surface area contributed by atoms with Crippen molar-refractivity contribution >= 4 is 27.3 Å². The minimum atomic E-state index is -3.73. The molecule has 0 radical (unpaired) electrons. The number of rotatable bonds is 7. The second-order valence-electron chi connectivity index (χ2n) is 8.21. The Balaban J connectivity index is 1.42. The van der Waals surface area contributed by atoms with Crippen molar-refractivity contribution in [2.24, 2.45) is 0 Å². The van der Waals surface area contributed by atoms with E-state index in [1.54, 1.807) is 36.4 Å². The van der Waals surface area contributed by atoms with Gasteiger partial charge in [-0.3, -0.25) is 9.10 Å². The van der Waals surface area contributed by atoms with E-state index in [-0.39, 0.29) is 23.5 Å². The van der Waals surface area contributed by atoms with Gasteiger partial charge in [-0.15, -0.1) is 0 Å². The minimum absolute atomic E-state index is 0.0992. The highest BCUT2D eigenvalue weighted by Gasteiger charge is 2.28. The number of fused-ring (bicyclic) bond motifs is 1. The molecule has 3 aromatic rings. The zero-order valence-corrected chi connectivity index (χ0v) is 20.3. The summed E-state index contributed by atoms with van der Waals surface area (Å²) in [5.74, 6) is 0.966. The average Bonchev–Trinajstić information content (AvgIpc) is 2.87. The van der Waals surface area contributed by atoms with Crippen LogP contribution in [0.2, 0.25) is 0 Å². The van der Waals surface area contributed by atoms with Crippen molar-refractivity contribution in [3.63, 3.8) is 0 Å². The molecule has 0 fully saturated rings. The van der Waals surface area contributed by atoms with Crippen molar-refractivity contribution in [3.8, 4) is 11.5 Å². The molecule has 1 unspecified atom stereocenters. The van der Waals surface area contributed by atoms with E-state index in [0.29, 0.717) is 17.2 Å². The number of carbonyl (C=O) groups excluding carboxylic acids is 1. The standard InChI is InChI=1S/C26H28N2O5S/c1-19-8-9-20-6-4-5-7-25(20)28(19)26(29)18-33-23-12-10-21(11-13-23)27(2)34(30,31)24-16-14-22(32-3)15-17-24/h4-7,10-17,19H,8-9,18H2,1-3H3. The van der Waals surface area contributed by atoms with Gasteiger partial charge in [0, 0.05) is 18.8 Å². The molecular weight excluding hydrogens is 452 g/mol. The van der Waals surface area contributed by atoms with Crippen molar-refractivity contribution in [2.75, 3.05) is 30.0 Å². The molecule has 1 aliphatic heterocycles. The Labute approximate surface area is 200 Å². The summed E-state index contributed by atoms with van der Waals surface area (Å²) in [6, 6.07) is 20.9. The molecular formula is C26H28N2O5S. The second kappa shape index (κ2) is 9.77. The monoisotopic (exact) mass is 480 g/mol. The summed E-state index contributed by atoms with van der Waals surface area (Å²) in [6.07, 6.45) is 1.86. The predicted molar refractivity (Wildman–Crippen MR) is 132 cm³/mol. The molecule has 34 heavy (non-hydrogen) atoms. The Morgan fingerprint density at radius 3 is 2.32 bits per heavy atom. The zero-order chi connectivity index (χ0) is 24.3. The largest absolute Gasteiger partial charge is 0.497 e. The van der Waals surface area contributed by atoms with Crippen LogP contribution in [0.4, 0.5) is 11.4 Å². The number of aryl methyl sites for hydroxylation is 1. The summed E-state index contributed by atoms with van der Waals surface area (Å²) in [5, 5.41) is 0. The number of hydrogen-bond acceptors (Lipinski definition) is 5. The first-order valence-electron chi connectivity index (χ1n) is 11.1. The SMILES string of the molecule is COc1ccc(S(=O)(=O)N(C)c2ccc(OCC(=O)N3c4ccccc4CCC3C)cc2)cc1. The van der Waals surface area contributed by atoms with E-state index in [1.165, 1.54) is 36.2 Å². The highest BCUT2D eigenvalue weighted by Crippen LogP contribution is 2.31. The fraction of sp³-hybridized carbons (Fsp3) is 0.269. The molecule has 3 aromatic carbocycles. The molecule has 1 aliphatic rings. The van der Waals surface area contributed by atoms with Crippen molar-refractivity contribution in [1.82, 2.24) is 0 Å². The lowest BCUT2D eigenvalue weighted by atomic mass is 9.96. The molecule has 1 amide bonds. The van der Waals surface area contributed by atoms with Gasteiger partial charge in [-0.25, -0.2) is 8.42 Å². The third-order valence-corrected chi connectivity index (χ3v) is 7.87. The first-order valence-corrected chi connectivity index (χ1v) is 12.5. The number of carbonyl (C=O) groups is 1. The van der Waals surface area contributed by atoms with E-state index in [2.05, 4.69) is 6.07 Å². The Hall–Kier alpha value is -3.52. The Morgan fingerprint density at radius 1 is 1.00 bits per heavy atom. The summed E-state index contributed by atoms with van der Waals surface area (Å²) in [7, 11) is -0.708. The number of sulfonamides is 1. The molecule has 0 aliphatic carbocycles. The molecule has 1 atom stereocenters. The van der Waals surface area contributed by atoms with E-state index in [9.17, 15) is 13.2 Å². The molecule has 0 N–H and O–H groups in total. The van der Waals surface area contributed by atoms with Crippen LogP contribution in [0.25, 0.3) is 0 Å². The number of para-hydroxylation sites is 1. The third-order valence-electron chi connectivity index (χ3n) is 6.07. The highest BCUT2D eigenvalue weighted by molar-refractivity contribution is 7.92. The zero-order valence-electron chi connectivity index (χ0n) is 19.5. The second-order valence-corrected chi connectivity index (χ2v) is 10.2. The normalized spacial score (nSPS) is 15.4. The number of methoxy groups -OCH3 is 1. The van der Waals surface area contributed by atoms with Gasteiger partial charge in [0.25, 0.3) is 15.9 Å². The Bertz CT molecular complexity index is 1260. The molecule has 0 aromatic heterocycles. The Kier molecular flexibility index (Phi) is 6.79. The molecule has 0 bridgehead atoms. The molecule has 0 saturated heterocycles. The van der Waals surface area contributed by atoms with Crippen molar-refractivity contribution < 1.29 is 22.7 Å². The van der Waals surface area contributed by atoms with Crippen molar-refractivity contribution in [2.45, 2.75) is 30.7 Å². The molecule has 0 saturated carbocycles. The maximum Gasteiger partial charge on any atom is 0.265 e. The van der Waals surface area contributed by atoms with Gasteiger partial charge in [0.2, 0.25) is 0 Å². The lowest BCUT2D eigenvalue weighted by Gasteiger charge is -2.35. The van der Waals surface area contributed by atoms with Crippen molar-refractivity contribution in [3.05, 3.63) is 78.4 Å². The minimum Gasteiger partial charge on any atom is -0.497 e. The van der Waals surface area contributed by atoms with Crippen LogP contribution in [0.1, 0.15) is 18.9 Å². The fourth-order valence-corrected chi connectivity index (χ4v) is 5.28. The van der Waals surface area contributed by atoms with Gasteiger partial charge in [-0.2, -0.15) is 0 Å².